The van der Waals surface area contributed by atoms with Crippen molar-refractivity contribution in [2.45, 2.75) is 51.1 Å². The summed E-state index contributed by atoms with van der Waals surface area (Å²) in [5, 5.41) is 7.09. The van der Waals surface area contributed by atoms with Crippen molar-refractivity contribution in [2.75, 3.05) is 58.4 Å². The molecule has 7 heteroatoms. The van der Waals surface area contributed by atoms with Crippen LogP contribution < -0.4 is 15.5 Å². The van der Waals surface area contributed by atoms with E-state index < -0.39 is 0 Å². The minimum atomic E-state index is 0.229. The van der Waals surface area contributed by atoms with Crippen molar-refractivity contribution in [1.82, 2.24) is 20.5 Å². The summed E-state index contributed by atoms with van der Waals surface area (Å²) < 4.78 is 5.61. The molecule has 29 heavy (non-hydrogen) atoms. The van der Waals surface area contributed by atoms with Gasteiger partial charge in [0.1, 0.15) is 5.82 Å². The van der Waals surface area contributed by atoms with Crippen LogP contribution in [0.3, 0.4) is 0 Å². The quantitative estimate of drug-likeness (QED) is 0.539. The number of aliphatic imine (C=N–C) groups is 1. The summed E-state index contributed by atoms with van der Waals surface area (Å²) in [6.45, 7) is 8.35. The van der Waals surface area contributed by atoms with Crippen LogP contribution in [0.5, 0.6) is 0 Å². The van der Waals surface area contributed by atoms with Crippen molar-refractivity contribution in [2.24, 2.45) is 4.99 Å². The molecule has 0 aromatic carbocycles. The van der Waals surface area contributed by atoms with Crippen molar-refractivity contribution < 1.29 is 4.74 Å². The lowest BCUT2D eigenvalue weighted by Crippen LogP contribution is -2.60. The number of aromatic nitrogens is 1. The van der Waals surface area contributed by atoms with Gasteiger partial charge < -0.3 is 20.3 Å². The van der Waals surface area contributed by atoms with Crippen LogP contribution >= 0.6 is 0 Å². The molecule has 2 heterocycles. The fourth-order valence-electron chi connectivity index (χ4n) is 4.42. The van der Waals surface area contributed by atoms with E-state index in [1.807, 2.05) is 31.3 Å². The maximum atomic E-state index is 5.61. The van der Waals surface area contributed by atoms with E-state index in [0.29, 0.717) is 6.54 Å². The summed E-state index contributed by atoms with van der Waals surface area (Å²) in [6, 6.07) is 4.14. The van der Waals surface area contributed by atoms with Gasteiger partial charge in [-0.15, -0.1) is 0 Å². The normalized spacial score (nSPS) is 20.3. The van der Waals surface area contributed by atoms with Crippen molar-refractivity contribution in [3.05, 3.63) is 23.9 Å². The van der Waals surface area contributed by atoms with Crippen LogP contribution in [-0.4, -0.2) is 74.9 Å². The van der Waals surface area contributed by atoms with E-state index in [2.05, 4.69) is 33.5 Å². The number of rotatable bonds is 7. The first-order valence-electron chi connectivity index (χ1n) is 11.1. The van der Waals surface area contributed by atoms with Crippen LogP contribution in [0.1, 0.15) is 44.6 Å². The van der Waals surface area contributed by atoms with Crippen LogP contribution in [0.15, 0.2) is 23.3 Å². The fraction of sp³-hybridized carbons (Fsp3) is 0.727. The molecule has 1 saturated carbocycles. The number of guanidine groups is 1. The van der Waals surface area contributed by atoms with Crippen molar-refractivity contribution in [1.29, 1.82) is 0 Å². The molecule has 0 unspecified atom stereocenters. The first-order chi connectivity index (χ1) is 14.1. The molecular formula is C22H38N6O. The monoisotopic (exact) mass is 402 g/mol. The van der Waals surface area contributed by atoms with Gasteiger partial charge in [0, 0.05) is 52.0 Å². The van der Waals surface area contributed by atoms with Gasteiger partial charge >= 0.3 is 0 Å². The number of morpholine rings is 1. The van der Waals surface area contributed by atoms with Gasteiger partial charge in [0.2, 0.25) is 0 Å². The molecule has 0 amide bonds. The molecule has 3 rings (SSSR count). The number of nitrogens with zero attached hydrogens (tertiary/aromatic N) is 4. The van der Waals surface area contributed by atoms with Gasteiger partial charge in [-0.3, -0.25) is 4.90 Å². The molecule has 1 aliphatic carbocycles. The Morgan fingerprint density at radius 1 is 1.21 bits per heavy atom. The highest BCUT2D eigenvalue weighted by Crippen LogP contribution is 2.33. The molecule has 1 aliphatic heterocycles. The third-order valence-corrected chi connectivity index (χ3v) is 6.08. The molecule has 0 bridgehead atoms. The van der Waals surface area contributed by atoms with Crippen molar-refractivity contribution >= 4 is 11.8 Å². The topological polar surface area (TPSA) is 65.0 Å². The Morgan fingerprint density at radius 3 is 2.66 bits per heavy atom. The van der Waals surface area contributed by atoms with Gasteiger partial charge in [-0.1, -0.05) is 19.3 Å². The van der Waals surface area contributed by atoms with E-state index in [9.17, 15) is 0 Å². The molecule has 2 N–H and O–H groups in total. The number of hydrogen-bond donors (Lipinski definition) is 2. The predicted octanol–water partition coefficient (Wildman–Crippen LogP) is 2.24. The predicted molar refractivity (Wildman–Crippen MR) is 120 cm³/mol. The Hall–Kier alpha value is -1.86. The van der Waals surface area contributed by atoms with Gasteiger partial charge in [0.25, 0.3) is 0 Å². The maximum Gasteiger partial charge on any atom is 0.191 e. The minimum absolute atomic E-state index is 0.229. The molecule has 2 aliphatic rings. The van der Waals surface area contributed by atoms with Crippen LogP contribution in [-0.2, 0) is 11.3 Å². The highest BCUT2D eigenvalue weighted by molar-refractivity contribution is 5.79. The largest absolute Gasteiger partial charge is 0.379 e. The van der Waals surface area contributed by atoms with Crippen LogP contribution in [0.25, 0.3) is 0 Å². The van der Waals surface area contributed by atoms with Crippen molar-refractivity contribution in [3.63, 3.8) is 0 Å². The summed E-state index contributed by atoms with van der Waals surface area (Å²) >= 11 is 0. The van der Waals surface area contributed by atoms with Crippen molar-refractivity contribution in [3.8, 4) is 0 Å². The summed E-state index contributed by atoms with van der Waals surface area (Å²) in [7, 11) is 4.02. The summed E-state index contributed by atoms with van der Waals surface area (Å²) in [5.41, 5.74) is 1.40. The molecule has 0 atom stereocenters. The highest BCUT2D eigenvalue weighted by Gasteiger charge is 2.38. The van der Waals surface area contributed by atoms with Gasteiger partial charge in [-0.2, -0.15) is 0 Å². The SMILES string of the molecule is CCNC(=NCc1ccnc(N(C)C)c1)NCC1(N2CCOCC2)CCCCC1. The summed E-state index contributed by atoms with van der Waals surface area (Å²) in [4.78, 5) is 13.9. The second-order valence-electron chi connectivity index (χ2n) is 8.35. The van der Waals surface area contributed by atoms with Gasteiger partial charge in [0.05, 0.1) is 19.8 Å². The average Bonchev–Trinajstić information content (AvgIpc) is 2.77. The molecular weight excluding hydrogens is 364 g/mol. The zero-order valence-corrected chi connectivity index (χ0v) is 18.4. The summed E-state index contributed by atoms with van der Waals surface area (Å²) in [6.07, 6.45) is 8.37. The summed E-state index contributed by atoms with van der Waals surface area (Å²) in [5.74, 6) is 1.86. The average molecular weight is 403 g/mol. The van der Waals surface area contributed by atoms with Gasteiger partial charge in [-0.05, 0) is 37.5 Å². The van der Waals surface area contributed by atoms with E-state index >= 15 is 0 Å². The highest BCUT2D eigenvalue weighted by atomic mass is 16.5. The van der Waals surface area contributed by atoms with E-state index in [1.54, 1.807) is 0 Å². The zero-order valence-electron chi connectivity index (χ0n) is 18.4. The maximum absolute atomic E-state index is 5.61. The van der Waals surface area contributed by atoms with Crippen LogP contribution in [0.2, 0.25) is 0 Å². The number of nitrogens with one attached hydrogen (secondary N) is 2. The van der Waals surface area contributed by atoms with Crippen LogP contribution in [0, 0.1) is 0 Å². The van der Waals surface area contributed by atoms with Crippen LogP contribution in [0.4, 0.5) is 5.82 Å². The van der Waals surface area contributed by atoms with E-state index in [0.717, 1.165) is 51.2 Å². The molecule has 1 saturated heterocycles. The fourth-order valence-corrected chi connectivity index (χ4v) is 4.42. The first kappa shape index (κ1) is 21.8. The smallest absolute Gasteiger partial charge is 0.191 e. The first-order valence-corrected chi connectivity index (χ1v) is 11.1. The third-order valence-electron chi connectivity index (χ3n) is 6.08. The molecule has 7 nitrogen and oxygen atoms in total. The van der Waals surface area contributed by atoms with Gasteiger partial charge in [0.15, 0.2) is 5.96 Å². The second-order valence-corrected chi connectivity index (χ2v) is 8.35. The van der Waals surface area contributed by atoms with Gasteiger partial charge in [-0.25, -0.2) is 9.98 Å². The lowest BCUT2D eigenvalue weighted by molar-refractivity contribution is -0.0352. The standard InChI is InChI=1S/C22H38N6O/c1-4-23-21(25-17-19-8-11-24-20(16-19)27(2)3)26-18-22(9-6-5-7-10-22)28-12-14-29-15-13-28/h8,11,16H,4-7,9-10,12-15,17-18H2,1-3H3,(H2,23,25,26). The zero-order chi connectivity index (χ0) is 20.5. The number of hydrogen-bond acceptors (Lipinski definition) is 5. The minimum Gasteiger partial charge on any atom is -0.379 e. The number of pyridine rings is 1. The number of anilines is 1. The molecule has 0 spiro atoms. The number of ether oxygens (including phenoxy) is 1. The molecule has 162 valence electrons. The lowest BCUT2D eigenvalue weighted by atomic mass is 9.80. The Balaban J connectivity index is 1.66. The second kappa shape index (κ2) is 10.8. The van der Waals surface area contributed by atoms with E-state index in [-0.39, 0.29) is 5.54 Å². The molecule has 1 aromatic rings. The lowest BCUT2D eigenvalue weighted by Gasteiger charge is -2.48. The van der Waals surface area contributed by atoms with E-state index in [1.165, 1.54) is 37.7 Å². The Morgan fingerprint density at radius 2 is 1.97 bits per heavy atom. The molecule has 1 aromatic heterocycles. The Bertz CT molecular complexity index is 650. The third kappa shape index (κ3) is 6.06. The molecule has 2 fully saturated rings. The van der Waals surface area contributed by atoms with E-state index in [4.69, 9.17) is 9.73 Å². The molecule has 0 radical (unpaired) electrons. The Labute approximate surface area is 175 Å². The Kier molecular flexibility index (Phi) is 8.12.